The maximum Gasteiger partial charge on any atom is 0.134 e. The van der Waals surface area contributed by atoms with Crippen molar-refractivity contribution >= 4 is 11.6 Å². The molecule has 0 radical (unpaired) electrons. The van der Waals surface area contributed by atoms with Crippen LogP contribution < -0.4 is 0 Å². The molecule has 18 heavy (non-hydrogen) atoms. The summed E-state index contributed by atoms with van der Waals surface area (Å²) in [5.41, 5.74) is 3.81. The molecule has 2 rings (SSSR count). The summed E-state index contributed by atoms with van der Waals surface area (Å²) in [6.45, 7) is 3.88. The van der Waals surface area contributed by atoms with Crippen molar-refractivity contribution in [1.29, 1.82) is 0 Å². The second-order valence-corrected chi connectivity index (χ2v) is 4.96. The maximum atomic E-state index is 10.0. The number of aromatic hydroxyl groups is 2. The average molecular weight is 263 g/mol. The molecule has 0 spiro atoms. The minimum Gasteiger partial charge on any atom is -0.507 e. The zero-order chi connectivity index (χ0) is 13.3. The normalized spacial score (nSPS) is 10.6. The Kier molecular flexibility index (Phi) is 3.48. The zero-order valence-electron chi connectivity index (χ0n) is 10.4. The molecule has 2 aromatic rings. The van der Waals surface area contributed by atoms with E-state index in [1.165, 1.54) is 0 Å². The standard InChI is InChI=1S/C15H15ClO2/c1-9-5-10(2)15(18)12(6-9)7-11-3-4-14(17)13(16)8-11/h3-6,8,17-18H,7H2,1-2H3. The van der Waals surface area contributed by atoms with Gasteiger partial charge in [-0.05, 0) is 42.7 Å². The average Bonchev–Trinajstić information content (AvgIpc) is 2.30. The van der Waals surface area contributed by atoms with Gasteiger partial charge in [0.05, 0.1) is 5.02 Å². The van der Waals surface area contributed by atoms with Crippen LogP contribution >= 0.6 is 11.6 Å². The van der Waals surface area contributed by atoms with Gasteiger partial charge in [0.15, 0.2) is 0 Å². The first-order valence-electron chi connectivity index (χ1n) is 5.74. The van der Waals surface area contributed by atoms with Crippen molar-refractivity contribution in [3.05, 3.63) is 57.6 Å². The highest BCUT2D eigenvalue weighted by atomic mass is 35.5. The van der Waals surface area contributed by atoms with Crippen molar-refractivity contribution < 1.29 is 10.2 Å². The third-order valence-corrected chi connectivity index (χ3v) is 3.23. The van der Waals surface area contributed by atoms with Crippen molar-refractivity contribution in [1.82, 2.24) is 0 Å². The van der Waals surface area contributed by atoms with E-state index in [2.05, 4.69) is 0 Å². The molecule has 94 valence electrons. The molecule has 0 aromatic heterocycles. The first kappa shape index (κ1) is 12.8. The van der Waals surface area contributed by atoms with Crippen molar-refractivity contribution in [2.75, 3.05) is 0 Å². The Balaban J connectivity index is 2.36. The van der Waals surface area contributed by atoms with Gasteiger partial charge in [-0.2, -0.15) is 0 Å². The monoisotopic (exact) mass is 262 g/mol. The van der Waals surface area contributed by atoms with Crippen LogP contribution in [-0.2, 0) is 6.42 Å². The molecule has 2 nitrogen and oxygen atoms in total. The molecule has 0 aliphatic rings. The van der Waals surface area contributed by atoms with E-state index >= 15 is 0 Å². The van der Waals surface area contributed by atoms with E-state index < -0.39 is 0 Å². The molecule has 0 saturated carbocycles. The van der Waals surface area contributed by atoms with Gasteiger partial charge in [0.25, 0.3) is 0 Å². The van der Waals surface area contributed by atoms with E-state index in [1.807, 2.05) is 26.0 Å². The summed E-state index contributed by atoms with van der Waals surface area (Å²) in [6.07, 6.45) is 0.592. The summed E-state index contributed by atoms with van der Waals surface area (Å²) < 4.78 is 0. The summed E-state index contributed by atoms with van der Waals surface area (Å²) in [5, 5.41) is 19.7. The molecule has 0 unspecified atom stereocenters. The predicted molar refractivity (Wildman–Crippen MR) is 73.5 cm³/mol. The van der Waals surface area contributed by atoms with Gasteiger partial charge >= 0.3 is 0 Å². The minimum atomic E-state index is 0.0741. The second-order valence-electron chi connectivity index (χ2n) is 4.55. The lowest BCUT2D eigenvalue weighted by Gasteiger charge is -2.09. The molecule has 0 aliphatic heterocycles. The lowest BCUT2D eigenvalue weighted by molar-refractivity contribution is 0.465. The maximum absolute atomic E-state index is 10.0. The van der Waals surface area contributed by atoms with Gasteiger partial charge in [-0.1, -0.05) is 35.4 Å². The summed E-state index contributed by atoms with van der Waals surface area (Å²) in [7, 11) is 0. The lowest BCUT2D eigenvalue weighted by atomic mass is 9.99. The van der Waals surface area contributed by atoms with Crippen LogP contribution in [0.5, 0.6) is 11.5 Å². The van der Waals surface area contributed by atoms with E-state index in [1.54, 1.807) is 18.2 Å². The first-order valence-corrected chi connectivity index (χ1v) is 6.11. The number of benzene rings is 2. The Morgan fingerprint density at radius 2 is 1.78 bits per heavy atom. The molecule has 0 atom stereocenters. The molecule has 0 saturated heterocycles. The van der Waals surface area contributed by atoms with Crippen molar-refractivity contribution in [2.24, 2.45) is 0 Å². The molecule has 0 amide bonds. The van der Waals surface area contributed by atoms with Gasteiger partial charge in [-0.15, -0.1) is 0 Å². The third kappa shape index (κ3) is 2.59. The highest BCUT2D eigenvalue weighted by molar-refractivity contribution is 6.32. The van der Waals surface area contributed by atoms with Gasteiger partial charge in [0.2, 0.25) is 0 Å². The van der Waals surface area contributed by atoms with Crippen LogP contribution in [0.25, 0.3) is 0 Å². The number of phenols is 2. The molecule has 2 N–H and O–H groups in total. The van der Waals surface area contributed by atoms with Crippen LogP contribution in [0.1, 0.15) is 22.3 Å². The van der Waals surface area contributed by atoms with Crippen molar-refractivity contribution in [3.8, 4) is 11.5 Å². The molecular weight excluding hydrogens is 248 g/mol. The van der Waals surface area contributed by atoms with Crippen LogP contribution in [0.2, 0.25) is 5.02 Å². The van der Waals surface area contributed by atoms with Crippen LogP contribution in [0.3, 0.4) is 0 Å². The number of halogens is 1. The Bertz CT molecular complexity index is 591. The molecule has 0 bridgehead atoms. The molecule has 0 aliphatic carbocycles. The Morgan fingerprint density at radius 3 is 2.44 bits per heavy atom. The SMILES string of the molecule is Cc1cc(C)c(O)c(Cc2ccc(O)c(Cl)c2)c1. The first-order chi connectivity index (χ1) is 8.47. The fraction of sp³-hybridized carbons (Fsp3) is 0.200. The lowest BCUT2D eigenvalue weighted by Crippen LogP contribution is -1.92. The van der Waals surface area contributed by atoms with Crippen LogP contribution in [0, 0.1) is 13.8 Å². The third-order valence-electron chi connectivity index (χ3n) is 2.93. The quantitative estimate of drug-likeness (QED) is 0.860. The number of hydrogen-bond acceptors (Lipinski definition) is 2. The molecule has 2 aromatic carbocycles. The van der Waals surface area contributed by atoms with Gasteiger partial charge in [0, 0.05) is 6.42 Å². The van der Waals surface area contributed by atoms with Crippen molar-refractivity contribution in [3.63, 3.8) is 0 Å². The van der Waals surface area contributed by atoms with E-state index in [4.69, 9.17) is 11.6 Å². The number of hydrogen-bond donors (Lipinski definition) is 2. The molecular formula is C15H15ClO2. The Morgan fingerprint density at radius 1 is 1.06 bits per heavy atom. The fourth-order valence-electron chi connectivity index (χ4n) is 2.06. The smallest absolute Gasteiger partial charge is 0.134 e. The minimum absolute atomic E-state index is 0.0741. The fourth-order valence-corrected chi connectivity index (χ4v) is 2.27. The number of phenolic OH excluding ortho intramolecular Hbond substituents is 2. The zero-order valence-corrected chi connectivity index (χ0v) is 11.1. The van der Waals surface area contributed by atoms with E-state index in [0.717, 1.165) is 22.3 Å². The predicted octanol–water partition coefficient (Wildman–Crippen LogP) is 3.96. The topological polar surface area (TPSA) is 40.5 Å². The van der Waals surface area contributed by atoms with Crippen LogP contribution in [0.4, 0.5) is 0 Å². The van der Waals surface area contributed by atoms with Crippen LogP contribution in [-0.4, -0.2) is 10.2 Å². The molecule has 0 heterocycles. The summed E-state index contributed by atoms with van der Waals surface area (Å²) in [5.74, 6) is 0.398. The van der Waals surface area contributed by atoms with Gasteiger partial charge in [0.1, 0.15) is 11.5 Å². The Hall–Kier alpha value is -1.67. The highest BCUT2D eigenvalue weighted by Gasteiger charge is 2.08. The van der Waals surface area contributed by atoms with Crippen LogP contribution in [0.15, 0.2) is 30.3 Å². The Labute approximate surface area is 111 Å². The van der Waals surface area contributed by atoms with E-state index in [-0.39, 0.29) is 5.75 Å². The van der Waals surface area contributed by atoms with E-state index in [0.29, 0.717) is 17.2 Å². The molecule has 3 heteroatoms. The van der Waals surface area contributed by atoms with Crippen molar-refractivity contribution in [2.45, 2.75) is 20.3 Å². The second kappa shape index (κ2) is 4.91. The summed E-state index contributed by atoms with van der Waals surface area (Å²) >= 11 is 5.87. The summed E-state index contributed by atoms with van der Waals surface area (Å²) in [6, 6.07) is 9.00. The highest BCUT2D eigenvalue weighted by Crippen LogP contribution is 2.29. The number of aryl methyl sites for hydroxylation is 2. The van der Waals surface area contributed by atoms with E-state index in [9.17, 15) is 10.2 Å². The summed E-state index contributed by atoms with van der Waals surface area (Å²) in [4.78, 5) is 0. The van der Waals surface area contributed by atoms with Gasteiger partial charge < -0.3 is 10.2 Å². The number of rotatable bonds is 2. The van der Waals surface area contributed by atoms with Gasteiger partial charge in [-0.25, -0.2) is 0 Å². The van der Waals surface area contributed by atoms with Gasteiger partial charge in [-0.3, -0.25) is 0 Å². The molecule has 0 fully saturated rings. The largest absolute Gasteiger partial charge is 0.507 e.